The maximum atomic E-state index is 12.7. The van der Waals surface area contributed by atoms with E-state index in [1.807, 2.05) is 0 Å². The lowest BCUT2D eigenvalue weighted by Gasteiger charge is -2.12. The van der Waals surface area contributed by atoms with Gasteiger partial charge in [0.15, 0.2) is 0 Å². The Labute approximate surface area is 172 Å². The summed E-state index contributed by atoms with van der Waals surface area (Å²) >= 11 is 0. The van der Waals surface area contributed by atoms with Crippen molar-refractivity contribution in [1.29, 1.82) is 0 Å². The summed E-state index contributed by atoms with van der Waals surface area (Å²) < 4.78 is 32.9. The summed E-state index contributed by atoms with van der Waals surface area (Å²) in [4.78, 5) is 12.4. The van der Waals surface area contributed by atoms with Gasteiger partial charge in [-0.3, -0.25) is 9.52 Å². The first kappa shape index (κ1) is 23.7. The first-order chi connectivity index (χ1) is 12.9. The van der Waals surface area contributed by atoms with Crippen molar-refractivity contribution in [2.24, 2.45) is 5.73 Å². The molecule has 0 atom stereocenters. The van der Waals surface area contributed by atoms with Crippen LogP contribution in [0.3, 0.4) is 0 Å². The van der Waals surface area contributed by atoms with Crippen LogP contribution in [0.25, 0.3) is 0 Å². The van der Waals surface area contributed by atoms with E-state index in [4.69, 9.17) is 10.5 Å². The Morgan fingerprint density at radius 1 is 1.11 bits per heavy atom. The minimum Gasteiger partial charge on any atom is -0.497 e. The molecule has 2 rings (SSSR count). The molecule has 0 unspecified atom stereocenters. The zero-order valence-electron chi connectivity index (χ0n) is 15.9. The number of ether oxygens (including phenoxy) is 1. The lowest BCUT2D eigenvalue weighted by atomic mass is 10.1. The number of amides is 1. The molecule has 0 bridgehead atoms. The number of halogens is 1. The predicted molar refractivity (Wildman–Crippen MR) is 113 cm³/mol. The second kappa shape index (κ2) is 10.9. The third-order valence-corrected chi connectivity index (χ3v) is 5.40. The molecule has 0 aliphatic rings. The minimum atomic E-state index is -3.82. The summed E-state index contributed by atoms with van der Waals surface area (Å²) in [6.07, 6.45) is 1.60. The maximum Gasteiger partial charge on any atom is 0.261 e. The van der Waals surface area contributed by atoms with E-state index < -0.39 is 10.0 Å². The quantitative estimate of drug-likeness (QED) is 0.533. The number of nitrogens with one attached hydrogen (secondary N) is 2. The molecule has 0 radical (unpaired) electrons. The van der Waals surface area contributed by atoms with Crippen LogP contribution in [0.1, 0.15) is 28.8 Å². The van der Waals surface area contributed by atoms with Gasteiger partial charge in [-0.2, -0.15) is 0 Å². The van der Waals surface area contributed by atoms with Crippen LogP contribution in [0.2, 0.25) is 0 Å². The second-order valence-electron chi connectivity index (χ2n) is 6.06. The molecule has 28 heavy (non-hydrogen) atoms. The highest BCUT2D eigenvalue weighted by atomic mass is 35.5. The lowest BCUT2D eigenvalue weighted by Crippen LogP contribution is -2.26. The van der Waals surface area contributed by atoms with Crippen LogP contribution in [0.15, 0.2) is 47.4 Å². The molecule has 0 aliphatic heterocycles. The molecule has 0 fully saturated rings. The van der Waals surface area contributed by atoms with Gasteiger partial charge in [-0.05, 0) is 68.3 Å². The van der Waals surface area contributed by atoms with Gasteiger partial charge in [0.25, 0.3) is 15.9 Å². The molecule has 0 aliphatic carbocycles. The van der Waals surface area contributed by atoms with Gasteiger partial charge in [-0.25, -0.2) is 8.42 Å². The molecule has 4 N–H and O–H groups in total. The Bertz CT molecular complexity index is 887. The van der Waals surface area contributed by atoms with Crippen LogP contribution >= 0.6 is 12.4 Å². The van der Waals surface area contributed by atoms with Crippen molar-refractivity contribution < 1.29 is 17.9 Å². The van der Waals surface area contributed by atoms with E-state index in [-0.39, 0.29) is 23.2 Å². The predicted octanol–water partition coefficient (Wildman–Crippen LogP) is 2.69. The van der Waals surface area contributed by atoms with Gasteiger partial charge in [0.2, 0.25) is 0 Å². The number of methoxy groups -OCH3 is 1. The molecule has 0 spiro atoms. The number of nitrogens with two attached hydrogens (primary N) is 1. The molecule has 1 amide bonds. The molecule has 0 saturated heterocycles. The Morgan fingerprint density at radius 2 is 1.79 bits per heavy atom. The van der Waals surface area contributed by atoms with Gasteiger partial charge >= 0.3 is 0 Å². The van der Waals surface area contributed by atoms with E-state index in [0.29, 0.717) is 35.7 Å². The number of unbranched alkanes of at least 4 members (excludes halogenated alkanes) is 1. The van der Waals surface area contributed by atoms with Crippen LogP contribution < -0.4 is 20.5 Å². The van der Waals surface area contributed by atoms with Gasteiger partial charge < -0.3 is 15.8 Å². The summed E-state index contributed by atoms with van der Waals surface area (Å²) in [5.41, 5.74) is 6.88. The van der Waals surface area contributed by atoms with E-state index in [1.54, 1.807) is 37.3 Å². The SMILES string of the molecule is COc1ccc(NS(=O)(=O)c2ccc(C)c(C(=O)NCCCCN)c2)cc1.Cl. The number of hydrogen-bond acceptors (Lipinski definition) is 5. The third kappa shape index (κ3) is 6.40. The monoisotopic (exact) mass is 427 g/mol. The van der Waals surface area contributed by atoms with Crippen molar-refractivity contribution in [1.82, 2.24) is 5.32 Å². The number of hydrogen-bond donors (Lipinski definition) is 3. The molecule has 2 aromatic carbocycles. The zero-order valence-corrected chi connectivity index (χ0v) is 17.5. The Hall–Kier alpha value is -2.29. The van der Waals surface area contributed by atoms with Gasteiger partial charge in [-0.15, -0.1) is 12.4 Å². The Kier molecular flexibility index (Phi) is 9.24. The maximum absolute atomic E-state index is 12.7. The molecule has 2 aromatic rings. The first-order valence-electron chi connectivity index (χ1n) is 8.63. The van der Waals surface area contributed by atoms with Crippen LogP contribution in [0.5, 0.6) is 5.75 Å². The number of carbonyl (C=O) groups excluding carboxylic acids is 1. The number of rotatable bonds is 9. The number of anilines is 1. The summed E-state index contributed by atoms with van der Waals surface area (Å²) in [5, 5.41) is 2.79. The lowest BCUT2D eigenvalue weighted by molar-refractivity contribution is 0.0952. The van der Waals surface area contributed by atoms with Crippen LogP contribution in [-0.4, -0.2) is 34.5 Å². The van der Waals surface area contributed by atoms with Gasteiger partial charge in [0.05, 0.1) is 12.0 Å². The molecule has 7 nitrogen and oxygen atoms in total. The van der Waals surface area contributed by atoms with E-state index in [0.717, 1.165) is 12.8 Å². The number of benzene rings is 2. The van der Waals surface area contributed by atoms with Gasteiger partial charge in [0, 0.05) is 17.8 Å². The fourth-order valence-corrected chi connectivity index (χ4v) is 3.54. The Morgan fingerprint density at radius 3 is 2.39 bits per heavy atom. The highest BCUT2D eigenvalue weighted by molar-refractivity contribution is 7.92. The summed E-state index contributed by atoms with van der Waals surface area (Å²) in [7, 11) is -2.29. The number of aryl methyl sites for hydroxylation is 1. The highest BCUT2D eigenvalue weighted by Crippen LogP contribution is 2.21. The zero-order chi connectivity index (χ0) is 19.9. The molecule has 0 heterocycles. The van der Waals surface area contributed by atoms with E-state index in [2.05, 4.69) is 10.0 Å². The second-order valence-corrected chi connectivity index (χ2v) is 7.74. The average Bonchev–Trinajstić information content (AvgIpc) is 2.65. The Balaban J connectivity index is 0.00000392. The van der Waals surface area contributed by atoms with E-state index in [9.17, 15) is 13.2 Å². The molecular formula is C19H26ClN3O4S. The van der Waals surface area contributed by atoms with Crippen molar-refractivity contribution >= 4 is 34.0 Å². The topological polar surface area (TPSA) is 111 Å². The fraction of sp³-hybridized carbons (Fsp3) is 0.316. The number of sulfonamides is 1. The van der Waals surface area contributed by atoms with E-state index >= 15 is 0 Å². The molecule has 0 saturated carbocycles. The standard InChI is InChI=1S/C19H25N3O4S.ClH/c1-14-5-10-17(13-18(14)19(23)21-12-4-3-11-20)27(24,25)22-15-6-8-16(26-2)9-7-15;/h5-10,13,22H,3-4,11-12,20H2,1-2H3,(H,21,23);1H. The smallest absolute Gasteiger partial charge is 0.261 e. The average molecular weight is 428 g/mol. The highest BCUT2D eigenvalue weighted by Gasteiger charge is 2.18. The molecule has 154 valence electrons. The third-order valence-electron chi connectivity index (χ3n) is 4.02. The van der Waals surface area contributed by atoms with Crippen LogP contribution in [0.4, 0.5) is 5.69 Å². The van der Waals surface area contributed by atoms with Crippen molar-refractivity contribution in [2.75, 3.05) is 24.9 Å². The van der Waals surface area contributed by atoms with Crippen molar-refractivity contribution in [3.05, 3.63) is 53.6 Å². The molecular weight excluding hydrogens is 402 g/mol. The van der Waals surface area contributed by atoms with Crippen LogP contribution in [-0.2, 0) is 10.0 Å². The minimum absolute atomic E-state index is 0. The summed E-state index contributed by atoms with van der Waals surface area (Å²) in [6.45, 7) is 2.83. The summed E-state index contributed by atoms with van der Waals surface area (Å²) in [6, 6.07) is 11.0. The first-order valence-corrected chi connectivity index (χ1v) is 10.1. The van der Waals surface area contributed by atoms with Gasteiger partial charge in [0.1, 0.15) is 5.75 Å². The largest absolute Gasteiger partial charge is 0.497 e. The molecule has 9 heteroatoms. The summed E-state index contributed by atoms with van der Waals surface area (Å²) in [5.74, 6) is 0.327. The normalized spacial score (nSPS) is 10.7. The number of carbonyl (C=O) groups is 1. The van der Waals surface area contributed by atoms with Gasteiger partial charge in [-0.1, -0.05) is 6.07 Å². The van der Waals surface area contributed by atoms with E-state index in [1.165, 1.54) is 19.2 Å². The van der Waals surface area contributed by atoms with Crippen molar-refractivity contribution in [3.63, 3.8) is 0 Å². The van der Waals surface area contributed by atoms with Crippen molar-refractivity contribution in [2.45, 2.75) is 24.7 Å². The van der Waals surface area contributed by atoms with Crippen molar-refractivity contribution in [3.8, 4) is 5.75 Å². The fourth-order valence-electron chi connectivity index (χ4n) is 2.45. The van der Waals surface area contributed by atoms with Crippen LogP contribution in [0, 0.1) is 6.92 Å². The molecule has 0 aromatic heterocycles.